The molecule has 92 valence electrons. The van der Waals surface area contributed by atoms with Crippen molar-refractivity contribution in [3.8, 4) is 18.1 Å². The van der Waals surface area contributed by atoms with Gasteiger partial charge in [-0.25, -0.2) is 0 Å². The van der Waals surface area contributed by atoms with Gasteiger partial charge in [0.15, 0.2) is 0 Å². The molecule has 0 amide bonds. The van der Waals surface area contributed by atoms with Crippen LogP contribution in [0.4, 0.5) is 0 Å². The maximum atomic E-state index is 5.58. The number of terminal acetylenes is 1. The average molecular weight is 231 g/mol. The van der Waals surface area contributed by atoms with Crippen LogP contribution in [0.3, 0.4) is 0 Å². The van der Waals surface area contributed by atoms with Gasteiger partial charge in [0.05, 0.1) is 12.1 Å². The first-order chi connectivity index (χ1) is 8.15. The summed E-state index contributed by atoms with van der Waals surface area (Å²) in [6, 6.07) is 8.27. The van der Waals surface area contributed by atoms with Crippen LogP contribution in [0.15, 0.2) is 24.3 Å². The zero-order chi connectivity index (χ0) is 12.7. The average Bonchev–Trinajstić information content (AvgIpc) is 2.32. The predicted octanol–water partition coefficient (Wildman–Crippen LogP) is 2.98. The second-order valence-electron chi connectivity index (χ2n) is 4.32. The smallest absolute Gasteiger partial charge is 0.119 e. The Hall–Kier alpha value is -1.46. The molecule has 0 saturated heterocycles. The number of ether oxygens (including phenoxy) is 1. The third kappa shape index (κ3) is 4.93. The van der Waals surface area contributed by atoms with Crippen LogP contribution in [0.1, 0.15) is 32.8 Å². The van der Waals surface area contributed by atoms with E-state index in [1.165, 1.54) is 5.56 Å². The standard InChI is InChI=1S/C15H21NO/c1-5-14(6-2)16-11-13-7-9-15(10-8-13)17-12(3)4/h1,7-10,12,14,16H,6,11H2,2-4H3. The van der Waals surface area contributed by atoms with Crippen molar-refractivity contribution in [3.63, 3.8) is 0 Å². The largest absolute Gasteiger partial charge is 0.491 e. The molecule has 0 spiro atoms. The summed E-state index contributed by atoms with van der Waals surface area (Å²) in [5.74, 6) is 3.63. The zero-order valence-corrected chi connectivity index (χ0v) is 10.9. The summed E-state index contributed by atoms with van der Waals surface area (Å²) >= 11 is 0. The minimum atomic E-state index is 0.154. The predicted molar refractivity (Wildman–Crippen MR) is 72.0 cm³/mol. The van der Waals surface area contributed by atoms with Crippen LogP contribution in [0.5, 0.6) is 5.75 Å². The molecule has 0 aliphatic rings. The van der Waals surface area contributed by atoms with E-state index >= 15 is 0 Å². The Labute approximate surface area is 104 Å². The fraction of sp³-hybridized carbons (Fsp3) is 0.467. The van der Waals surface area contributed by atoms with Crippen molar-refractivity contribution < 1.29 is 4.74 Å². The maximum absolute atomic E-state index is 5.58. The van der Waals surface area contributed by atoms with Crippen LogP contribution in [0.2, 0.25) is 0 Å². The number of hydrogen-bond donors (Lipinski definition) is 1. The highest BCUT2D eigenvalue weighted by atomic mass is 16.5. The van der Waals surface area contributed by atoms with Gasteiger partial charge in [0.1, 0.15) is 5.75 Å². The Morgan fingerprint density at radius 2 is 1.94 bits per heavy atom. The van der Waals surface area contributed by atoms with E-state index in [1.54, 1.807) is 0 Å². The van der Waals surface area contributed by atoms with Crippen LogP contribution in [0.25, 0.3) is 0 Å². The van der Waals surface area contributed by atoms with Crippen molar-refractivity contribution in [1.29, 1.82) is 0 Å². The third-order valence-corrected chi connectivity index (χ3v) is 2.46. The van der Waals surface area contributed by atoms with Crippen LogP contribution >= 0.6 is 0 Å². The molecular weight excluding hydrogens is 210 g/mol. The number of nitrogens with one attached hydrogen (secondary N) is 1. The third-order valence-electron chi connectivity index (χ3n) is 2.46. The van der Waals surface area contributed by atoms with E-state index in [0.717, 1.165) is 18.7 Å². The van der Waals surface area contributed by atoms with Gasteiger partial charge >= 0.3 is 0 Å². The van der Waals surface area contributed by atoms with Crippen molar-refractivity contribution in [2.24, 2.45) is 0 Å². The molecule has 0 radical (unpaired) electrons. The first-order valence-corrected chi connectivity index (χ1v) is 6.10. The molecule has 2 nitrogen and oxygen atoms in total. The van der Waals surface area contributed by atoms with Gasteiger partial charge in [-0.1, -0.05) is 25.0 Å². The fourth-order valence-corrected chi connectivity index (χ4v) is 1.52. The second kappa shape index (κ2) is 6.98. The van der Waals surface area contributed by atoms with Crippen LogP contribution in [0, 0.1) is 12.3 Å². The molecule has 17 heavy (non-hydrogen) atoms. The molecule has 0 heterocycles. The Kier molecular flexibility index (Phi) is 5.59. The number of hydrogen-bond acceptors (Lipinski definition) is 2. The molecule has 1 atom stereocenters. The second-order valence-corrected chi connectivity index (χ2v) is 4.32. The van der Waals surface area contributed by atoms with E-state index in [4.69, 9.17) is 11.2 Å². The summed E-state index contributed by atoms with van der Waals surface area (Å²) in [7, 11) is 0. The van der Waals surface area contributed by atoms with Crippen molar-refractivity contribution in [2.75, 3.05) is 0 Å². The van der Waals surface area contributed by atoms with Gasteiger partial charge in [0, 0.05) is 6.54 Å². The highest BCUT2D eigenvalue weighted by Gasteiger charge is 2.01. The molecule has 0 fully saturated rings. The molecule has 2 heteroatoms. The van der Waals surface area contributed by atoms with Gasteiger partial charge in [-0.2, -0.15) is 0 Å². The summed E-state index contributed by atoms with van der Waals surface area (Å²) in [6.07, 6.45) is 6.56. The fourth-order valence-electron chi connectivity index (χ4n) is 1.52. The SMILES string of the molecule is C#CC(CC)NCc1ccc(OC(C)C)cc1. The summed E-state index contributed by atoms with van der Waals surface area (Å²) in [4.78, 5) is 0. The maximum Gasteiger partial charge on any atom is 0.119 e. The highest BCUT2D eigenvalue weighted by molar-refractivity contribution is 5.27. The Balaban J connectivity index is 2.48. The van der Waals surface area contributed by atoms with Crippen molar-refractivity contribution in [3.05, 3.63) is 29.8 Å². The molecule has 1 N–H and O–H groups in total. The summed E-state index contributed by atoms with van der Waals surface area (Å²) in [6.45, 7) is 6.92. The lowest BCUT2D eigenvalue weighted by Crippen LogP contribution is -2.26. The normalized spacial score (nSPS) is 12.2. The zero-order valence-electron chi connectivity index (χ0n) is 10.9. The summed E-state index contributed by atoms with van der Waals surface area (Å²) in [5.41, 5.74) is 1.22. The first-order valence-electron chi connectivity index (χ1n) is 6.10. The molecule has 1 aromatic carbocycles. The van der Waals surface area contributed by atoms with Gasteiger partial charge < -0.3 is 4.74 Å². The van der Waals surface area contributed by atoms with E-state index in [-0.39, 0.29) is 12.1 Å². The molecule has 0 aliphatic heterocycles. The van der Waals surface area contributed by atoms with Gasteiger partial charge in [-0.05, 0) is 38.0 Å². The molecule has 0 bridgehead atoms. The molecule has 0 aromatic heterocycles. The minimum Gasteiger partial charge on any atom is -0.491 e. The van der Waals surface area contributed by atoms with E-state index in [2.05, 4.69) is 30.3 Å². The van der Waals surface area contributed by atoms with E-state index in [9.17, 15) is 0 Å². The van der Waals surface area contributed by atoms with Gasteiger partial charge in [0.25, 0.3) is 0 Å². The van der Waals surface area contributed by atoms with Crippen molar-refractivity contribution in [1.82, 2.24) is 5.32 Å². The lowest BCUT2D eigenvalue weighted by molar-refractivity contribution is 0.242. The summed E-state index contributed by atoms with van der Waals surface area (Å²) in [5, 5.41) is 3.32. The molecular formula is C15H21NO. The molecule has 1 aromatic rings. The van der Waals surface area contributed by atoms with Gasteiger partial charge in [0.2, 0.25) is 0 Å². The quantitative estimate of drug-likeness (QED) is 0.760. The minimum absolute atomic E-state index is 0.154. The van der Waals surface area contributed by atoms with Gasteiger partial charge in [-0.15, -0.1) is 6.42 Å². The van der Waals surface area contributed by atoms with Gasteiger partial charge in [-0.3, -0.25) is 5.32 Å². The molecule has 1 unspecified atom stereocenters. The topological polar surface area (TPSA) is 21.3 Å². The van der Waals surface area contributed by atoms with E-state index in [0.29, 0.717) is 0 Å². The van der Waals surface area contributed by atoms with E-state index < -0.39 is 0 Å². The Bertz CT molecular complexity index is 362. The number of rotatable bonds is 6. The van der Waals surface area contributed by atoms with Crippen LogP contribution in [-0.4, -0.2) is 12.1 Å². The van der Waals surface area contributed by atoms with Crippen LogP contribution < -0.4 is 10.1 Å². The highest BCUT2D eigenvalue weighted by Crippen LogP contribution is 2.13. The Morgan fingerprint density at radius 3 is 2.41 bits per heavy atom. The Morgan fingerprint density at radius 1 is 1.29 bits per heavy atom. The monoisotopic (exact) mass is 231 g/mol. The summed E-state index contributed by atoms with van der Waals surface area (Å²) < 4.78 is 5.58. The van der Waals surface area contributed by atoms with Crippen LogP contribution in [-0.2, 0) is 6.54 Å². The number of benzene rings is 1. The lowest BCUT2D eigenvalue weighted by atomic mass is 10.2. The lowest BCUT2D eigenvalue weighted by Gasteiger charge is -2.12. The van der Waals surface area contributed by atoms with Crippen molar-refractivity contribution >= 4 is 0 Å². The molecule has 1 rings (SSSR count). The van der Waals surface area contributed by atoms with Crippen molar-refractivity contribution in [2.45, 2.75) is 45.9 Å². The molecule has 0 aliphatic carbocycles. The molecule has 0 saturated carbocycles. The van der Waals surface area contributed by atoms with E-state index in [1.807, 2.05) is 26.0 Å². The first kappa shape index (κ1) is 13.6.